The Balaban J connectivity index is 2.14. The lowest BCUT2D eigenvalue weighted by Crippen LogP contribution is -2.21. The van der Waals surface area contributed by atoms with E-state index in [-0.39, 0.29) is 0 Å². The predicted molar refractivity (Wildman–Crippen MR) is 103 cm³/mol. The number of hydrogen-bond donors (Lipinski definition) is 3. The third-order valence-corrected chi connectivity index (χ3v) is 6.25. The number of rotatable bonds is 3. The zero-order valence-electron chi connectivity index (χ0n) is 13.0. The molecule has 3 aromatic rings. The van der Waals surface area contributed by atoms with Crippen LogP contribution >= 0.6 is 7.92 Å². The van der Waals surface area contributed by atoms with Gasteiger partial charge in [0.05, 0.1) is 0 Å². The van der Waals surface area contributed by atoms with Gasteiger partial charge >= 0.3 is 0 Å². The SMILES string of the molecule is Cc1ccc(P(c2ccc(N)cc2)c2ccc(N)cc2)cc1N. The number of aryl methyl sites for hydroxylation is 1. The molecule has 0 radical (unpaired) electrons. The normalized spacial score (nSPS) is 10.9. The molecule has 0 saturated heterocycles. The zero-order chi connectivity index (χ0) is 16.4. The molecule has 6 N–H and O–H groups in total. The van der Waals surface area contributed by atoms with Crippen molar-refractivity contribution in [2.75, 3.05) is 17.2 Å². The molecule has 0 atom stereocenters. The second-order valence-corrected chi connectivity index (χ2v) is 7.78. The average Bonchev–Trinajstić information content (AvgIpc) is 2.55. The number of nitrogens with two attached hydrogens (primary N) is 3. The first-order chi connectivity index (χ1) is 11.0. The molecule has 0 aromatic heterocycles. The molecule has 3 aromatic carbocycles. The molecule has 0 amide bonds. The summed E-state index contributed by atoms with van der Waals surface area (Å²) in [5.41, 5.74) is 21.3. The van der Waals surface area contributed by atoms with Crippen molar-refractivity contribution in [1.82, 2.24) is 0 Å². The van der Waals surface area contributed by atoms with Crippen molar-refractivity contribution in [3.63, 3.8) is 0 Å². The fraction of sp³-hybridized carbons (Fsp3) is 0.0526. The smallest absolute Gasteiger partial charge is 0.0350 e. The van der Waals surface area contributed by atoms with E-state index in [0.717, 1.165) is 22.6 Å². The summed E-state index contributed by atoms with van der Waals surface area (Å²) in [4.78, 5) is 0. The monoisotopic (exact) mass is 321 g/mol. The maximum atomic E-state index is 6.13. The van der Waals surface area contributed by atoms with Gasteiger partial charge in [0.15, 0.2) is 0 Å². The van der Waals surface area contributed by atoms with Crippen LogP contribution in [-0.2, 0) is 0 Å². The molecule has 3 rings (SSSR count). The number of hydrogen-bond acceptors (Lipinski definition) is 3. The van der Waals surface area contributed by atoms with E-state index >= 15 is 0 Å². The van der Waals surface area contributed by atoms with Crippen molar-refractivity contribution < 1.29 is 0 Å². The van der Waals surface area contributed by atoms with Gasteiger partial charge in [-0.15, -0.1) is 0 Å². The van der Waals surface area contributed by atoms with Crippen LogP contribution in [0.25, 0.3) is 0 Å². The van der Waals surface area contributed by atoms with E-state index in [1.165, 1.54) is 15.9 Å². The Kier molecular flexibility index (Phi) is 4.22. The molecule has 4 heteroatoms. The second-order valence-electron chi connectivity index (χ2n) is 5.56. The first-order valence-electron chi connectivity index (χ1n) is 7.42. The molecule has 0 aliphatic rings. The molecule has 0 spiro atoms. The first-order valence-corrected chi connectivity index (χ1v) is 8.76. The van der Waals surface area contributed by atoms with Gasteiger partial charge in [0.1, 0.15) is 0 Å². The van der Waals surface area contributed by atoms with Crippen molar-refractivity contribution in [1.29, 1.82) is 0 Å². The van der Waals surface area contributed by atoms with Gasteiger partial charge in [-0.25, -0.2) is 0 Å². The molecule has 3 nitrogen and oxygen atoms in total. The Morgan fingerprint density at radius 3 is 1.48 bits per heavy atom. The number of benzene rings is 3. The zero-order valence-corrected chi connectivity index (χ0v) is 13.9. The molecule has 0 unspecified atom stereocenters. The van der Waals surface area contributed by atoms with Crippen LogP contribution in [0, 0.1) is 6.92 Å². The fourth-order valence-corrected chi connectivity index (χ4v) is 4.74. The van der Waals surface area contributed by atoms with E-state index in [0.29, 0.717) is 0 Å². The Morgan fingerprint density at radius 1 is 0.609 bits per heavy atom. The standard InChI is InChI=1S/C19H20N3P/c1-13-2-7-18(12-19(13)22)23(16-8-3-14(20)4-9-16)17-10-5-15(21)6-11-17/h2-12H,20-22H2,1H3. The fourth-order valence-electron chi connectivity index (χ4n) is 2.46. The van der Waals surface area contributed by atoms with Gasteiger partial charge in [0, 0.05) is 17.1 Å². The molecule has 23 heavy (non-hydrogen) atoms. The molecule has 116 valence electrons. The maximum absolute atomic E-state index is 6.13. The van der Waals surface area contributed by atoms with E-state index < -0.39 is 7.92 Å². The minimum Gasteiger partial charge on any atom is -0.399 e. The van der Waals surface area contributed by atoms with Crippen molar-refractivity contribution in [2.24, 2.45) is 0 Å². The van der Waals surface area contributed by atoms with E-state index in [4.69, 9.17) is 17.2 Å². The highest BCUT2D eigenvalue weighted by atomic mass is 31.1. The number of anilines is 3. The van der Waals surface area contributed by atoms with Crippen LogP contribution in [-0.4, -0.2) is 0 Å². The van der Waals surface area contributed by atoms with E-state index in [9.17, 15) is 0 Å². The van der Waals surface area contributed by atoms with Crippen molar-refractivity contribution in [3.8, 4) is 0 Å². The molecule has 0 heterocycles. The molecule has 0 aliphatic heterocycles. The Morgan fingerprint density at radius 2 is 1.04 bits per heavy atom. The van der Waals surface area contributed by atoms with Crippen LogP contribution in [0.4, 0.5) is 17.1 Å². The minimum atomic E-state index is -0.690. The molecule has 0 fully saturated rings. The minimum absolute atomic E-state index is 0.690. The van der Waals surface area contributed by atoms with Crippen LogP contribution in [0.3, 0.4) is 0 Å². The van der Waals surface area contributed by atoms with E-state index in [2.05, 4.69) is 42.5 Å². The molecular formula is C19H20N3P. The average molecular weight is 321 g/mol. The summed E-state index contributed by atoms with van der Waals surface area (Å²) in [5.74, 6) is 0. The topological polar surface area (TPSA) is 78.1 Å². The highest BCUT2D eigenvalue weighted by Gasteiger charge is 2.17. The Hall–Kier alpha value is -2.51. The van der Waals surface area contributed by atoms with Gasteiger partial charge in [0.2, 0.25) is 0 Å². The van der Waals surface area contributed by atoms with Gasteiger partial charge in [-0.1, -0.05) is 36.4 Å². The van der Waals surface area contributed by atoms with Crippen molar-refractivity contribution in [2.45, 2.75) is 6.92 Å². The van der Waals surface area contributed by atoms with Gasteiger partial charge in [0.25, 0.3) is 0 Å². The molecule has 0 bridgehead atoms. The van der Waals surface area contributed by atoms with Crippen molar-refractivity contribution in [3.05, 3.63) is 72.3 Å². The van der Waals surface area contributed by atoms with Gasteiger partial charge < -0.3 is 17.2 Å². The van der Waals surface area contributed by atoms with Crippen LogP contribution < -0.4 is 33.1 Å². The summed E-state index contributed by atoms with van der Waals surface area (Å²) in [6.45, 7) is 2.02. The van der Waals surface area contributed by atoms with Crippen molar-refractivity contribution >= 4 is 40.9 Å². The highest BCUT2D eigenvalue weighted by Crippen LogP contribution is 2.34. The van der Waals surface area contributed by atoms with Gasteiger partial charge in [-0.3, -0.25) is 0 Å². The highest BCUT2D eigenvalue weighted by molar-refractivity contribution is 7.79. The maximum Gasteiger partial charge on any atom is 0.0350 e. The summed E-state index contributed by atoms with van der Waals surface area (Å²) in [6.07, 6.45) is 0. The summed E-state index contributed by atoms with van der Waals surface area (Å²) in [5, 5.41) is 3.70. The van der Waals surface area contributed by atoms with Gasteiger partial charge in [-0.05, 0) is 66.7 Å². The Labute approximate surface area is 137 Å². The lowest BCUT2D eigenvalue weighted by molar-refractivity contribution is 1.49. The third-order valence-electron chi connectivity index (χ3n) is 3.82. The summed E-state index contributed by atoms with van der Waals surface area (Å²) in [7, 11) is -0.690. The lowest BCUT2D eigenvalue weighted by Gasteiger charge is -2.20. The quantitative estimate of drug-likeness (QED) is 0.512. The summed E-state index contributed by atoms with van der Waals surface area (Å²) in [6, 6.07) is 22.5. The predicted octanol–water partition coefficient (Wildman–Crippen LogP) is 2.50. The summed E-state index contributed by atoms with van der Waals surface area (Å²) < 4.78 is 0. The van der Waals surface area contributed by atoms with E-state index in [1.807, 2.05) is 31.2 Å². The summed E-state index contributed by atoms with van der Waals surface area (Å²) >= 11 is 0. The second kappa shape index (κ2) is 6.31. The Bertz CT molecular complexity index is 766. The van der Waals surface area contributed by atoms with E-state index in [1.54, 1.807) is 0 Å². The van der Waals surface area contributed by atoms with Crippen LogP contribution in [0.1, 0.15) is 5.56 Å². The van der Waals surface area contributed by atoms with Crippen LogP contribution in [0.2, 0.25) is 0 Å². The largest absolute Gasteiger partial charge is 0.399 e. The van der Waals surface area contributed by atoms with Gasteiger partial charge in [-0.2, -0.15) is 0 Å². The lowest BCUT2D eigenvalue weighted by atomic mass is 10.2. The molecular weight excluding hydrogens is 301 g/mol. The molecule has 0 saturated carbocycles. The van der Waals surface area contributed by atoms with Crippen LogP contribution in [0.15, 0.2) is 66.7 Å². The molecule has 0 aliphatic carbocycles. The third kappa shape index (κ3) is 3.30. The van der Waals surface area contributed by atoms with Crippen LogP contribution in [0.5, 0.6) is 0 Å². The first kappa shape index (κ1) is 15.4. The number of nitrogen functional groups attached to an aromatic ring is 3.